The summed E-state index contributed by atoms with van der Waals surface area (Å²) in [7, 11) is 0. The van der Waals surface area contributed by atoms with Crippen molar-refractivity contribution < 1.29 is 19.1 Å². The number of rotatable bonds is 10. The third-order valence-electron chi connectivity index (χ3n) is 6.35. The second-order valence-corrected chi connectivity index (χ2v) is 9.10. The predicted octanol–water partition coefficient (Wildman–Crippen LogP) is 8.81. The Hall–Kier alpha value is -5.88. The van der Waals surface area contributed by atoms with Gasteiger partial charge in [0, 0.05) is 46.3 Å². The normalized spacial score (nSPS) is 10.3. The van der Waals surface area contributed by atoms with Gasteiger partial charge in [-0.25, -0.2) is 9.59 Å². The van der Waals surface area contributed by atoms with E-state index in [9.17, 15) is 9.59 Å². The van der Waals surface area contributed by atoms with Crippen LogP contribution in [-0.4, -0.2) is 11.9 Å². The van der Waals surface area contributed by atoms with Gasteiger partial charge in [0.25, 0.3) is 0 Å². The molecule has 0 aliphatic rings. The standard InChI is InChI=1S/C36H28N2O4/c1-3-35(39)41-33-23-19-31(20-24-33)38(32-21-25-34(26-22-32)42-36(40)4-2)30-17-15-29(16-18-30)37(27-11-7-5-8-12-27)28-13-9-6-10-14-28/h3-26H,1-2H2. The number of carbonyl (C=O) groups is 2. The number of carbonyl (C=O) groups excluding carboxylic acids is 2. The molecule has 5 rings (SSSR count). The van der Waals surface area contributed by atoms with Gasteiger partial charge in [0.15, 0.2) is 0 Å². The molecule has 0 amide bonds. The maximum Gasteiger partial charge on any atom is 0.335 e. The zero-order valence-electron chi connectivity index (χ0n) is 22.8. The minimum atomic E-state index is -0.527. The van der Waals surface area contributed by atoms with Gasteiger partial charge >= 0.3 is 11.9 Å². The van der Waals surface area contributed by atoms with Crippen LogP contribution in [0.25, 0.3) is 0 Å². The van der Waals surface area contributed by atoms with E-state index in [2.05, 4.69) is 59.4 Å². The third kappa shape index (κ3) is 6.46. The summed E-state index contributed by atoms with van der Waals surface area (Å²) < 4.78 is 10.5. The van der Waals surface area contributed by atoms with E-state index >= 15 is 0 Å². The number of hydrogen-bond acceptors (Lipinski definition) is 6. The van der Waals surface area contributed by atoms with Crippen LogP contribution in [0.1, 0.15) is 0 Å². The second-order valence-electron chi connectivity index (χ2n) is 9.10. The average molecular weight is 553 g/mol. The van der Waals surface area contributed by atoms with E-state index in [1.54, 1.807) is 24.3 Å². The summed E-state index contributed by atoms with van der Waals surface area (Å²) >= 11 is 0. The number of esters is 2. The first-order chi connectivity index (χ1) is 20.6. The highest BCUT2D eigenvalue weighted by Gasteiger charge is 2.16. The molecule has 0 atom stereocenters. The lowest BCUT2D eigenvalue weighted by molar-refractivity contribution is -0.129. The maximum absolute atomic E-state index is 11.7. The van der Waals surface area contributed by atoms with Crippen molar-refractivity contribution >= 4 is 46.1 Å². The SMILES string of the molecule is C=CC(=O)Oc1ccc(N(c2ccc(OC(=O)C=C)cc2)c2ccc(N(c3ccccc3)c3ccccc3)cc2)cc1. The summed E-state index contributed by atoms with van der Waals surface area (Å²) in [6.07, 6.45) is 2.24. The zero-order valence-corrected chi connectivity index (χ0v) is 22.8. The summed E-state index contributed by atoms with van der Waals surface area (Å²) in [6.45, 7) is 6.89. The van der Waals surface area contributed by atoms with Crippen molar-refractivity contribution in [2.45, 2.75) is 0 Å². The van der Waals surface area contributed by atoms with Gasteiger partial charge in [0.2, 0.25) is 0 Å². The Morgan fingerprint density at radius 3 is 0.976 bits per heavy atom. The van der Waals surface area contributed by atoms with Gasteiger partial charge in [-0.05, 0) is 97.1 Å². The van der Waals surface area contributed by atoms with Crippen molar-refractivity contribution in [2.75, 3.05) is 9.80 Å². The van der Waals surface area contributed by atoms with Crippen molar-refractivity contribution in [3.8, 4) is 11.5 Å². The molecule has 0 spiro atoms. The number of para-hydroxylation sites is 2. The quantitative estimate of drug-likeness (QED) is 0.0980. The van der Waals surface area contributed by atoms with E-state index in [4.69, 9.17) is 9.47 Å². The van der Waals surface area contributed by atoms with Gasteiger partial charge in [-0.1, -0.05) is 49.6 Å². The number of hydrogen-bond donors (Lipinski definition) is 0. The average Bonchev–Trinajstić information content (AvgIpc) is 3.04. The Morgan fingerprint density at radius 1 is 0.429 bits per heavy atom. The van der Waals surface area contributed by atoms with Gasteiger partial charge in [-0.3, -0.25) is 0 Å². The Balaban J connectivity index is 1.53. The maximum atomic E-state index is 11.7. The Labute approximate surface area is 245 Å². The lowest BCUT2D eigenvalue weighted by atomic mass is 10.1. The van der Waals surface area contributed by atoms with E-state index in [0.717, 1.165) is 46.3 Å². The smallest absolute Gasteiger partial charge is 0.335 e. The molecule has 0 saturated heterocycles. The number of nitrogens with zero attached hydrogens (tertiary/aromatic N) is 2. The molecule has 0 radical (unpaired) electrons. The fourth-order valence-electron chi connectivity index (χ4n) is 4.44. The van der Waals surface area contributed by atoms with Gasteiger partial charge in [-0.2, -0.15) is 0 Å². The monoisotopic (exact) mass is 552 g/mol. The third-order valence-corrected chi connectivity index (χ3v) is 6.35. The molecule has 0 heterocycles. The molecule has 42 heavy (non-hydrogen) atoms. The summed E-state index contributed by atoms with van der Waals surface area (Å²) in [5, 5.41) is 0. The highest BCUT2D eigenvalue weighted by molar-refractivity contribution is 5.85. The van der Waals surface area contributed by atoms with Crippen LogP contribution in [0.15, 0.2) is 159 Å². The molecule has 0 N–H and O–H groups in total. The Kier molecular flexibility index (Phi) is 8.56. The van der Waals surface area contributed by atoms with Crippen LogP contribution < -0.4 is 19.3 Å². The molecule has 5 aromatic rings. The molecule has 6 heteroatoms. The number of benzene rings is 5. The molecule has 0 saturated carbocycles. The summed E-state index contributed by atoms with van der Waals surface area (Å²) in [6, 6.07) is 43.0. The van der Waals surface area contributed by atoms with Crippen LogP contribution in [0, 0.1) is 0 Å². The molecule has 5 aromatic carbocycles. The number of anilines is 6. The number of ether oxygens (including phenoxy) is 2. The van der Waals surface area contributed by atoms with E-state index in [-0.39, 0.29) is 0 Å². The molecular weight excluding hydrogens is 524 g/mol. The van der Waals surface area contributed by atoms with Crippen LogP contribution in [-0.2, 0) is 9.59 Å². The van der Waals surface area contributed by atoms with Crippen molar-refractivity contribution in [3.63, 3.8) is 0 Å². The molecule has 0 aliphatic heterocycles. The van der Waals surface area contributed by atoms with Crippen molar-refractivity contribution in [3.05, 3.63) is 159 Å². The molecule has 206 valence electrons. The highest BCUT2D eigenvalue weighted by atomic mass is 16.5. The summed E-state index contributed by atoms with van der Waals surface area (Å²) in [4.78, 5) is 27.6. The van der Waals surface area contributed by atoms with Gasteiger partial charge in [-0.15, -0.1) is 0 Å². The van der Waals surface area contributed by atoms with Crippen LogP contribution in [0.5, 0.6) is 11.5 Å². The van der Waals surface area contributed by atoms with E-state index < -0.39 is 11.9 Å². The first-order valence-corrected chi connectivity index (χ1v) is 13.2. The van der Waals surface area contributed by atoms with Gasteiger partial charge in [0.05, 0.1) is 0 Å². The second kappa shape index (κ2) is 13.0. The molecule has 0 aliphatic carbocycles. The minimum absolute atomic E-state index is 0.409. The molecule has 6 nitrogen and oxygen atoms in total. The van der Waals surface area contributed by atoms with Crippen molar-refractivity contribution in [1.82, 2.24) is 0 Å². The molecule has 0 unspecified atom stereocenters. The van der Waals surface area contributed by atoms with Gasteiger partial charge < -0.3 is 19.3 Å². The van der Waals surface area contributed by atoms with Crippen LogP contribution in [0.3, 0.4) is 0 Å². The molecule has 0 bridgehead atoms. The van der Waals surface area contributed by atoms with E-state index in [1.165, 1.54) is 0 Å². The predicted molar refractivity (Wildman–Crippen MR) is 167 cm³/mol. The molecule has 0 fully saturated rings. The first-order valence-electron chi connectivity index (χ1n) is 13.2. The van der Waals surface area contributed by atoms with Crippen molar-refractivity contribution in [1.29, 1.82) is 0 Å². The minimum Gasteiger partial charge on any atom is -0.423 e. The van der Waals surface area contributed by atoms with Gasteiger partial charge in [0.1, 0.15) is 11.5 Å². The van der Waals surface area contributed by atoms with Crippen molar-refractivity contribution in [2.24, 2.45) is 0 Å². The lowest BCUT2D eigenvalue weighted by Crippen LogP contribution is -2.12. The van der Waals surface area contributed by atoms with Crippen LogP contribution >= 0.6 is 0 Å². The van der Waals surface area contributed by atoms with Crippen LogP contribution in [0.2, 0.25) is 0 Å². The summed E-state index contributed by atoms with van der Waals surface area (Å²) in [5.74, 6) is -0.235. The largest absolute Gasteiger partial charge is 0.423 e. The Morgan fingerprint density at radius 2 is 0.690 bits per heavy atom. The van der Waals surface area contributed by atoms with Crippen LogP contribution in [0.4, 0.5) is 34.1 Å². The summed E-state index contributed by atoms with van der Waals surface area (Å²) in [5.41, 5.74) is 5.64. The first kappa shape index (κ1) is 27.7. The van der Waals surface area contributed by atoms with E-state index in [0.29, 0.717) is 11.5 Å². The Bertz CT molecular complexity index is 1560. The highest BCUT2D eigenvalue weighted by Crippen LogP contribution is 2.39. The van der Waals surface area contributed by atoms with E-state index in [1.807, 2.05) is 72.8 Å². The lowest BCUT2D eigenvalue weighted by Gasteiger charge is -2.28. The zero-order chi connectivity index (χ0) is 29.3. The molecular formula is C36H28N2O4. The fraction of sp³-hybridized carbons (Fsp3) is 0. The molecule has 0 aromatic heterocycles. The topological polar surface area (TPSA) is 59.1 Å². The fourth-order valence-corrected chi connectivity index (χ4v) is 4.44.